The largest absolute Gasteiger partial charge is 0.377 e. The number of anilines is 1. The van der Waals surface area contributed by atoms with E-state index in [1.807, 2.05) is 6.92 Å². The number of methoxy groups -OCH3 is 1. The fourth-order valence-corrected chi connectivity index (χ4v) is 4.19. The van der Waals surface area contributed by atoms with Gasteiger partial charge in [0, 0.05) is 55.9 Å². The van der Waals surface area contributed by atoms with Crippen LogP contribution in [0.1, 0.15) is 60.6 Å². The van der Waals surface area contributed by atoms with Crippen LogP contribution in [0, 0.1) is 6.92 Å². The number of piperidine rings is 1. The molecule has 0 aromatic carbocycles. The van der Waals surface area contributed by atoms with E-state index in [0.29, 0.717) is 24.3 Å². The van der Waals surface area contributed by atoms with Gasteiger partial charge in [-0.3, -0.25) is 4.79 Å². The Kier molecular flexibility index (Phi) is 5.41. The smallest absolute Gasteiger partial charge is 0.251 e. The second-order valence-electron chi connectivity index (χ2n) is 7.95. The zero-order chi connectivity index (χ0) is 19.7. The molecule has 0 unspecified atom stereocenters. The molecule has 2 fully saturated rings. The van der Waals surface area contributed by atoms with E-state index in [4.69, 9.17) is 15.5 Å². The molecule has 1 aliphatic carbocycles. The zero-order valence-corrected chi connectivity index (χ0v) is 16.5. The van der Waals surface area contributed by atoms with Crippen molar-refractivity contribution in [3.63, 3.8) is 0 Å². The molecule has 0 radical (unpaired) electrons. The van der Waals surface area contributed by atoms with E-state index in [2.05, 4.69) is 25.9 Å². The molecule has 1 aliphatic heterocycles. The summed E-state index contributed by atoms with van der Waals surface area (Å²) in [7, 11) is 1.66. The molecule has 3 heterocycles. The van der Waals surface area contributed by atoms with E-state index >= 15 is 0 Å². The Bertz CT molecular complexity index is 885. The Hall–Kier alpha value is -2.32. The van der Waals surface area contributed by atoms with Gasteiger partial charge in [-0.25, -0.2) is 15.0 Å². The first-order chi connectivity index (χ1) is 13.5. The van der Waals surface area contributed by atoms with Gasteiger partial charge in [0.15, 0.2) is 5.82 Å². The number of ether oxygens (including phenoxy) is 1. The van der Waals surface area contributed by atoms with Crippen LogP contribution in [0.2, 0.25) is 0 Å². The maximum absolute atomic E-state index is 11.8. The van der Waals surface area contributed by atoms with Crippen molar-refractivity contribution in [2.24, 2.45) is 5.73 Å². The van der Waals surface area contributed by atoms with Gasteiger partial charge in [0.25, 0.3) is 5.56 Å². The van der Waals surface area contributed by atoms with Crippen LogP contribution in [0.4, 0.5) is 5.82 Å². The van der Waals surface area contributed by atoms with Crippen molar-refractivity contribution in [2.45, 2.75) is 57.1 Å². The predicted octanol–water partition coefficient (Wildman–Crippen LogP) is 1.60. The minimum Gasteiger partial charge on any atom is -0.377 e. The maximum atomic E-state index is 11.8. The van der Waals surface area contributed by atoms with Crippen LogP contribution in [-0.4, -0.2) is 46.2 Å². The average molecular weight is 384 g/mol. The lowest BCUT2D eigenvalue weighted by atomic mass is 9.78. The molecule has 0 spiro atoms. The van der Waals surface area contributed by atoms with Crippen molar-refractivity contribution in [1.82, 2.24) is 19.9 Å². The molecular formula is C20H28N6O2. The Morgan fingerprint density at radius 2 is 1.86 bits per heavy atom. The summed E-state index contributed by atoms with van der Waals surface area (Å²) in [5.41, 5.74) is 7.86. The van der Waals surface area contributed by atoms with Crippen molar-refractivity contribution in [3.05, 3.63) is 45.5 Å². The Morgan fingerprint density at radius 3 is 2.50 bits per heavy atom. The Balaban J connectivity index is 1.49. The minimum atomic E-state index is -0.0757. The van der Waals surface area contributed by atoms with Gasteiger partial charge in [-0.2, -0.15) is 0 Å². The molecule has 3 N–H and O–H groups in total. The van der Waals surface area contributed by atoms with Crippen LogP contribution in [0.25, 0.3) is 0 Å². The highest BCUT2D eigenvalue weighted by Crippen LogP contribution is 2.36. The number of nitrogens with one attached hydrogen (secondary N) is 1. The number of rotatable bonds is 5. The first-order valence-corrected chi connectivity index (χ1v) is 9.97. The summed E-state index contributed by atoms with van der Waals surface area (Å²) in [5.74, 6) is 3.10. The zero-order valence-electron chi connectivity index (χ0n) is 16.5. The van der Waals surface area contributed by atoms with Crippen molar-refractivity contribution < 1.29 is 4.74 Å². The summed E-state index contributed by atoms with van der Waals surface area (Å²) >= 11 is 0. The lowest BCUT2D eigenvalue weighted by Crippen LogP contribution is -2.36. The van der Waals surface area contributed by atoms with E-state index in [-0.39, 0.29) is 11.6 Å². The molecule has 1 saturated heterocycles. The molecule has 2 aromatic rings. The molecule has 0 bridgehead atoms. The molecule has 4 rings (SSSR count). The van der Waals surface area contributed by atoms with E-state index < -0.39 is 0 Å². The molecule has 8 heteroatoms. The van der Waals surface area contributed by atoms with Gasteiger partial charge in [-0.15, -0.1) is 0 Å². The highest BCUT2D eigenvalue weighted by Gasteiger charge is 2.30. The van der Waals surface area contributed by atoms with Crippen molar-refractivity contribution in [2.75, 3.05) is 25.1 Å². The second-order valence-corrected chi connectivity index (χ2v) is 7.95. The van der Waals surface area contributed by atoms with Crippen LogP contribution in [0.15, 0.2) is 16.9 Å². The fourth-order valence-electron chi connectivity index (χ4n) is 4.19. The molecular weight excluding hydrogens is 356 g/mol. The molecule has 0 amide bonds. The van der Waals surface area contributed by atoms with Crippen LogP contribution >= 0.6 is 0 Å². The number of nitrogens with zero attached hydrogens (tertiary/aromatic N) is 4. The van der Waals surface area contributed by atoms with Crippen LogP contribution in [-0.2, 0) is 11.3 Å². The minimum absolute atomic E-state index is 0.0757. The highest BCUT2D eigenvalue weighted by atomic mass is 16.5. The van der Waals surface area contributed by atoms with Gasteiger partial charge in [0.05, 0.1) is 5.69 Å². The summed E-state index contributed by atoms with van der Waals surface area (Å²) in [6, 6.07) is 4.04. The van der Waals surface area contributed by atoms with Crippen molar-refractivity contribution >= 4 is 5.82 Å². The molecule has 0 atom stereocenters. The van der Waals surface area contributed by atoms with Crippen molar-refractivity contribution in [1.29, 1.82) is 0 Å². The van der Waals surface area contributed by atoms with Crippen LogP contribution in [0.3, 0.4) is 0 Å². The average Bonchev–Trinajstić information content (AvgIpc) is 2.65. The third-order valence-electron chi connectivity index (χ3n) is 5.76. The monoisotopic (exact) mass is 384 g/mol. The highest BCUT2D eigenvalue weighted by molar-refractivity contribution is 5.42. The number of aryl methyl sites for hydroxylation is 1. The third kappa shape index (κ3) is 4.07. The quantitative estimate of drug-likeness (QED) is 0.806. The Morgan fingerprint density at radius 1 is 1.14 bits per heavy atom. The van der Waals surface area contributed by atoms with Gasteiger partial charge in [-0.1, -0.05) is 0 Å². The standard InChI is InChI=1S/C20H28N6O2/c1-12-22-17(10-20(27)23-12)13-3-5-26(6-4-13)19-9-16(14-7-15(21)8-14)24-18(25-19)11-28-2/h9-10,13-15H,3-8,11,21H2,1-2H3,(H,22,23,27). The normalized spacial score (nSPS) is 22.9. The molecule has 8 nitrogen and oxygen atoms in total. The summed E-state index contributed by atoms with van der Waals surface area (Å²) in [6.45, 7) is 3.99. The molecule has 2 aliphatic rings. The van der Waals surface area contributed by atoms with E-state index in [1.165, 1.54) is 0 Å². The summed E-state index contributed by atoms with van der Waals surface area (Å²) in [5, 5.41) is 0. The summed E-state index contributed by atoms with van der Waals surface area (Å²) < 4.78 is 5.27. The van der Waals surface area contributed by atoms with E-state index in [0.717, 1.165) is 61.8 Å². The lowest BCUT2D eigenvalue weighted by molar-refractivity contribution is 0.177. The summed E-state index contributed by atoms with van der Waals surface area (Å²) in [6.07, 6.45) is 3.86. The van der Waals surface area contributed by atoms with Gasteiger partial charge in [-0.05, 0) is 32.6 Å². The summed E-state index contributed by atoms with van der Waals surface area (Å²) in [4.78, 5) is 30.7. The molecule has 1 saturated carbocycles. The molecule has 2 aromatic heterocycles. The number of hydrogen-bond acceptors (Lipinski definition) is 7. The van der Waals surface area contributed by atoms with Gasteiger partial charge in [0.1, 0.15) is 18.2 Å². The third-order valence-corrected chi connectivity index (χ3v) is 5.76. The van der Waals surface area contributed by atoms with E-state index in [9.17, 15) is 4.79 Å². The van der Waals surface area contributed by atoms with Gasteiger partial charge < -0.3 is 20.4 Å². The number of aromatic nitrogens is 4. The van der Waals surface area contributed by atoms with Crippen LogP contribution < -0.4 is 16.2 Å². The van der Waals surface area contributed by atoms with Crippen molar-refractivity contribution in [3.8, 4) is 0 Å². The molecule has 28 heavy (non-hydrogen) atoms. The number of hydrogen-bond donors (Lipinski definition) is 2. The maximum Gasteiger partial charge on any atom is 0.251 e. The van der Waals surface area contributed by atoms with Gasteiger partial charge in [0.2, 0.25) is 0 Å². The topological polar surface area (TPSA) is 110 Å². The SMILES string of the molecule is COCc1nc(C2CC(N)C2)cc(N2CCC(c3cc(=O)[nH]c(C)n3)CC2)n1. The fraction of sp³-hybridized carbons (Fsp3) is 0.600. The van der Waals surface area contributed by atoms with E-state index in [1.54, 1.807) is 13.2 Å². The Labute approximate surface area is 164 Å². The molecule has 150 valence electrons. The lowest BCUT2D eigenvalue weighted by Gasteiger charge is -2.35. The first-order valence-electron chi connectivity index (χ1n) is 9.97. The number of aromatic amines is 1. The first kappa shape index (κ1) is 19.0. The predicted molar refractivity (Wildman–Crippen MR) is 106 cm³/mol. The number of H-pyrrole nitrogens is 1. The second kappa shape index (κ2) is 7.97. The number of nitrogens with two attached hydrogens (primary N) is 1. The van der Waals surface area contributed by atoms with Crippen LogP contribution in [0.5, 0.6) is 0 Å². The van der Waals surface area contributed by atoms with Gasteiger partial charge >= 0.3 is 0 Å².